The fourth-order valence-corrected chi connectivity index (χ4v) is 3.11. The molecule has 0 aliphatic rings. The van der Waals surface area contributed by atoms with Crippen LogP contribution in [0.15, 0.2) is 73.3 Å². The second kappa shape index (κ2) is 9.88. The van der Waals surface area contributed by atoms with Crippen molar-refractivity contribution in [2.75, 3.05) is 20.3 Å². The molecule has 1 amide bonds. The molecule has 164 valence electrons. The van der Waals surface area contributed by atoms with Crippen molar-refractivity contribution in [3.63, 3.8) is 0 Å². The summed E-state index contributed by atoms with van der Waals surface area (Å²) in [5.74, 6) is 0.416. The summed E-state index contributed by atoms with van der Waals surface area (Å²) in [4.78, 5) is 17.2. The van der Waals surface area contributed by atoms with E-state index in [4.69, 9.17) is 9.47 Å². The number of rotatable bonds is 9. The van der Waals surface area contributed by atoms with E-state index in [1.54, 1.807) is 40.8 Å². The maximum atomic E-state index is 13.4. The molecule has 0 saturated carbocycles. The Kier molecular flexibility index (Phi) is 6.57. The van der Waals surface area contributed by atoms with Crippen LogP contribution in [0.2, 0.25) is 0 Å². The first-order valence-electron chi connectivity index (χ1n) is 9.98. The van der Waals surface area contributed by atoms with Gasteiger partial charge in [-0.2, -0.15) is 5.10 Å². The second-order valence-electron chi connectivity index (χ2n) is 6.89. The van der Waals surface area contributed by atoms with E-state index in [9.17, 15) is 9.18 Å². The van der Waals surface area contributed by atoms with Crippen LogP contribution in [0.4, 0.5) is 4.39 Å². The summed E-state index contributed by atoms with van der Waals surface area (Å²) < 4.78 is 27.1. The Morgan fingerprint density at radius 2 is 1.84 bits per heavy atom. The summed E-state index contributed by atoms with van der Waals surface area (Å²) in [5.41, 5.74) is 1.85. The Morgan fingerprint density at radius 3 is 2.53 bits per heavy atom. The van der Waals surface area contributed by atoms with Crippen LogP contribution in [-0.2, 0) is 11.3 Å². The summed E-state index contributed by atoms with van der Waals surface area (Å²) in [6.45, 7) is 1.19. The van der Waals surface area contributed by atoms with Crippen LogP contribution in [0.25, 0.3) is 11.5 Å². The second-order valence-corrected chi connectivity index (χ2v) is 6.89. The van der Waals surface area contributed by atoms with Gasteiger partial charge in [-0.25, -0.2) is 14.1 Å². The van der Waals surface area contributed by atoms with E-state index in [0.29, 0.717) is 36.2 Å². The minimum Gasteiger partial charge on any atom is -0.475 e. The third-order valence-electron chi connectivity index (χ3n) is 4.70. The largest absolute Gasteiger partial charge is 0.475 e. The van der Waals surface area contributed by atoms with Crippen LogP contribution in [0.1, 0.15) is 15.9 Å². The van der Waals surface area contributed by atoms with E-state index >= 15 is 0 Å². The zero-order valence-corrected chi connectivity index (χ0v) is 17.4. The molecule has 0 radical (unpaired) electrons. The molecule has 32 heavy (non-hydrogen) atoms. The molecule has 1 aromatic carbocycles. The summed E-state index contributed by atoms with van der Waals surface area (Å²) in [7, 11) is 1.60. The highest BCUT2D eigenvalue weighted by molar-refractivity contribution is 5.97. The summed E-state index contributed by atoms with van der Waals surface area (Å²) in [6, 6.07) is 13.2. The maximum Gasteiger partial charge on any atom is 0.256 e. The molecule has 0 bridgehead atoms. The molecule has 3 heterocycles. The Bertz CT molecular complexity index is 1160. The van der Waals surface area contributed by atoms with Crippen LogP contribution < -0.4 is 10.1 Å². The van der Waals surface area contributed by atoms with Crippen molar-refractivity contribution < 1.29 is 18.7 Å². The third-order valence-corrected chi connectivity index (χ3v) is 4.70. The maximum absolute atomic E-state index is 13.4. The van der Waals surface area contributed by atoms with Gasteiger partial charge in [-0.05, 0) is 42.0 Å². The van der Waals surface area contributed by atoms with Gasteiger partial charge in [0.15, 0.2) is 5.82 Å². The Labute approximate surface area is 184 Å². The van der Waals surface area contributed by atoms with Crippen LogP contribution >= 0.6 is 0 Å². The molecule has 4 aromatic rings. The van der Waals surface area contributed by atoms with E-state index in [-0.39, 0.29) is 18.3 Å². The quantitative estimate of drug-likeness (QED) is 0.409. The number of methoxy groups -OCH3 is 1. The number of halogens is 1. The molecule has 3 aromatic heterocycles. The molecule has 8 nitrogen and oxygen atoms in total. The number of hydrogen-bond acceptors (Lipinski definition) is 5. The van der Waals surface area contributed by atoms with Gasteiger partial charge in [0.2, 0.25) is 5.88 Å². The molecule has 4 rings (SSSR count). The lowest BCUT2D eigenvalue weighted by Gasteiger charge is -2.11. The number of nitrogens with one attached hydrogen (secondary N) is 1. The van der Waals surface area contributed by atoms with E-state index in [1.165, 1.54) is 18.3 Å². The molecule has 0 unspecified atom stereocenters. The van der Waals surface area contributed by atoms with Gasteiger partial charge in [-0.15, -0.1) is 0 Å². The van der Waals surface area contributed by atoms with Crippen LogP contribution in [0.5, 0.6) is 5.88 Å². The molecular formula is C23H22FN5O3. The molecule has 0 aliphatic carbocycles. The Balaban J connectivity index is 1.51. The van der Waals surface area contributed by atoms with Gasteiger partial charge in [-0.1, -0.05) is 6.07 Å². The van der Waals surface area contributed by atoms with Gasteiger partial charge in [-0.3, -0.25) is 4.79 Å². The summed E-state index contributed by atoms with van der Waals surface area (Å²) in [6.07, 6.45) is 6.79. The molecule has 0 aliphatic heterocycles. The fourth-order valence-electron chi connectivity index (χ4n) is 3.11. The average molecular weight is 435 g/mol. The van der Waals surface area contributed by atoms with Crippen molar-refractivity contribution in [3.8, 4) is 17.4 Å². The van der Waals surface area contributed by atoms with Crippen LogP contribution in [-0.4, -0.2) is 45.6 Å². The average Bonchev–Trinajstić information content (AvgIpc) is 3.49. The molecule has 0 spiro atoms. The predicted molar refractivity (Wildman–Crippen MR) is 116 cm³/mol. The minimum absolute atomic E-state index is 0.289. The first-order valence-corrected chi connectivity index (χ1v) is 9.98. The lowest BCUT2D eigenvalue weighted by molar-refractivity contribution is 0.0951. The van der Waals surface area contributed by atoms with Gasteiger partial charge in [0.25, 0.3) is 5.91 Å². The van der Waals surface area contributed by atoms with Gasteiger partial charge in [0.05, 0.1) is 18.5 Å². The van der Waals surface area contributed by atoms with Crippen molar-refractivity contribution in [2.24, 2.45) is 0 Å². The SMILES string of the molecule is COCCOc1ccc(CNC(=O)c2cnn(-c3ccc(F)cc3)c2-n2cccc2)cn1. The first kappa shape index (κ1) is 21.3. The number of hydrogen-bond donors (Lipinski definition) is 1. The number of benzene rings is 1. The monoisotopic (exact) mass is 435 g/mol. The number of aromatic nitrogens is 4. The molecule has 0 fully saturated rings. The Morgan fingerprint density at radius 1 is 1.06 bits per heavy atom. The van der Waals surface area contributed by atoms with E-state index in [0.717, 1.165) is 5.56 Å². The van der Waals surface area contributed by atoms with Gasteiger partial charge >= 0.3 is 0 Å². The van der Waals surface area contributed by atoms with Crippen molar-refractivity contribution >= 4 is 5.91 Å². The highest BCUT2D eigenvalue weighted by atomic mass is 19.1. The number of nitrogens with zero attached hydrogens (tertiary/aromatic N) is 4. The van der Waals surface area contributed by atoms with Crippen molar-refractivity contribution in [3.05, 3.63) is 90.3 Å². The summed E-state index contributed by atoms with van der Waals surface area (Å²) >= 11 is 0. The number of carbonyl (C=O) groups excluding carboxylic acids is 1. The van der Waals surface area contributed by atoms with Crippen molar-refractivity contribution in [2.45, 2.75) is 6.54 Å². The highest BCUT2D eigenvalue weighted by Gasteiger charge is 2.20. The van der Waals surface area contributed by atoms with E-state index in [2.05, 4.69) is 15.4 Å². The van der Waals surface area contributed by atoms with Gasteiger partial charge < -0.3 is 19.4 Å². The van der Waals surface area contributed by atoms with Gasteiger partial charge in [0, 0.05) is 38.3 Å². The molecule has 9 heteroatoms. The molecular weight excluding hydrogens is 413 g/mol. The highest BCUT2D eigenvalue weighted by Crippen LogP contribution is 2.20. The molecule has 0 saturated heterocycles. The molecule has 1 N–H and O–H groups in total. The summed E-state index contributed by atoms with van der Waals surface area (Å²) in [5, 5.41) is 7.27. The molecule has 0 atom stereocenters. The zero-order valence-electron chi connectivity index (χ0n) is 17.4. The predicted octanol–water partition coefficient (Wildman–Crippen LogP) is 3.15. The fraction of sp³-hybridized carbons (Fsp3) is 0.174. The standard InChI is InChI=1S/C23H22FN5O3/c1-31-12-13-32-21-9-4-17(14-25-21)15-26-22(30)20-16-27-29(19-7-5-18(24)6-8-19)23(20)28-10-2-3-11-28/h2-11,14,16H,12-13,15H2,1H3,(H,26,30). The van der Waals surface area contributed by atoms with E-state index in [1.807, 2.05) is 30.6 Å². The van der Waals surface area contributed by atoms with Crippen LogP contribution in [0.3, 0.4) is 0 Å². The number of amides is 1. The Hall–Kier alpha value is -3.98. The van der Waals surface area contributed by atoms with Gasteiger partial charge in [0.1, 0.15) is 18.0 Å². The lowest BCUT2D eigenvalue weighted by atomic mass is 10.2. The van der Waals surface area contributed by atoms with Crippen LogP contribution in [0, 0.1) is 5.82 Å². The lowest BCUT2D eigenvalue weighted by Crippen LogP contribution is -2.24. The number of ether oxygens (including phenoxy) is 2. The number of pyridine rings is 1. The van der Waals surface area contributed by atoms with E-state index < -0.39 is 0 Å². The van der Waals surface area contributed by atoms with Crippen molar-refractivity contribution in [1.82, 2.24) is 24.6 Å². The normalized spacial score (nSPS) is 10.8. The number of carbonyl (C=O) groups is 1. The smallest absolute Gasteiger partial charge is 0.256 e. The third kappa shape index (κ3) is 4.84. The minimum atomic E-state index is -0.342. The zero-order chi connectivity index (χ0) is 22.3. The van der Waals surface area contributed by atoms with Crippen molar-refractivity contribution in [1.29, 1.82) is 0 Å². The topological polar surface area (TPSA) is 83.2 Å². The first-order chi connectivity index (χ1) is 15.7.